The number of fused-ring (bicyclic) bond motifs is 7. The molecule has 34 heavy (non-hydrogen) atoms. The standard InChI is InChI=1S/C26H25N3O5/c1-3-14-10-11-17-16(13-14)26(25(33)27-17)21-20(19-9-6-12-28(19)26)22(30)29(23(21)31)18-8-5-4-7-15(18)24(32)34-2/h4-5,7-8,10-11,13,19-21H,3,6,9,12H2,1-2H3,(H,27,33)/t19-,20-,21-,26+/m1/s1. The van der Waals surface area contributed by atoms with Crippen molar-refractivity contribution in [2.75, 3.05) is 23.9 Å². The first-order valence-corrected chi connectivity index (χ1v) is 11.7. The summed E-state index contributed by atoms with van der Waals surface area (Å²) in [6.45, 7) is 2.70. The zero-order chi connectivity index (χ0) is 23.8. The molecule has 3 fully saturated rings. The van der Waals surface area contributed by atoms with E-state index in [9.17, 15) is 19.2 Å². The molecule has 0 aromatic heterocycles. The van der Waals surface area contributed by atoms with E-state index in [-0.39, 0.29) is 29.1 Å². The smallest absolute Gasteiger partial charge is 0.339 e. The number of carbonyl (C=O) groups is 4. The van der Waals surface area contributed by atoms with Gasteiger partial charge in [-0.15, -0.1) is 0 Å². The van der Waals surface area contributed by atoms with Gasteiger partial charge in [-0.3, -0.25) is 19.3 Å². The van der Waals surface area contributed by atoms with Crippen molar-refractivity contribution in [1.29, 1.82) is 0 Å². The maximum absolute atomic E-state index is 14.1. The summed E-state index contributed by atoms with van der Waals surface area (Å²) in [5, 5.41) is 3.00. The van der Waals surface area contributed by atoms with Gasteiger partial charge >= 0.3 is 5.97 Å². The summed E-state index contributed by atoms with van der Waals surface area (Å²) < 4.78 is 4.89. The molecule has 1 N–H and O–H groups in total. The van der Waals surface area contributed by atoms with Crippen LogP contribution >= 0.6 is 0 Å². The van der Waals surface area contributed by atoms with E-state index in [4.69, 9.17) is 4.74 Å². The van der Waals surface area contributed by atoms with Crippen LogP contribution in [0.5, 0.6) is 0 Å². The van der Waals surface area contributed by atoms with Crippen molar-refractivity contribution >= 4 is 35.1 Å². The number of hydrogen-bond acceptors (Lipinski definition) is 6. The Morgan fingerprint density at radius 1 is 1.15 bits per heavy atom. The highest BCUT2D eigenvalue weighted by molar-refractivity contribution is 6.27. The van der Waals surface area contributed by atoms with Crippen molar-refractivity contribution in [2.24, 2.45) is 11.8 Å². The second-order valence-electron chi connectivity index (χ2n) is 9.38. The van der Waals surface area contributed by atoms with Crippen LogP contribution in [0.25, 0.3) is 0 Å². The zero-order valence-corrected chi connectivity index (χ0v) is 19.0. The highest BCUT2D eigenvalue weighted by Gasteiger charge is 2.74. The third-order valence-corrected chi connectivity index (χ3v) is 8.02. The van der Waals surface area contributed by atoms with E-state index in [1.165, 1.54) is 7.11 Å². The third-order valence-electron chi connectivity index (χ3n) is 8.02. The molecule has 3 amide bonds. The number of nitrogens with zero attached hydrogens (tertiary/aromatic N) is 2. The van der Waals surface area contributed by atoms with Gasteiger partial charge in [0.05, 0.1) is 30.2 Å². The summed E-state index contributed by atoms with van der Waals surface area (Å²) in [5.41, 5.74) is 1.67. The number of methoxy groups -OCH3 is 1. The van der Waals surface area contributed by atoms with E-state index in [1.54, 1.807) is 24.3 Å². The Morgan fingerprint density at radius 3 is 2.71 bits per heavy atom. The molecular weight excluding hydrogens is 434 g/mol. The Hall–Kier alpha value is -3.52. The van der Waals surface area contributed by atoms with E-state index in [0.717, 1.165) is 35.3 Å². The van der Waals surface area contributed by atoms with Crippen molar-refractivity contribution in [3.8, 4) is 0 Å². The van der Waals surface area contributed by atoms with Crippen molar-refractivity contribution in [3.05, 3.63) is 59.2 Å². The van der Waals surface area contributed by atoms with Gasteiger partial charge in [-0.1, -0.05) is 31.2 Å². The minimum absolute atomic E-state index is 0.147. The van der Waals surface area contributed by atoms with E-state index >= 15 is 0 Å². The molecule has 0 saturated carbocycles. The predicted molar refractivity (Wildman–Crippen MR) is 123 cm³/mol. The van der Waals surface area contributed by atoms with Gasteiger partial charge in [0.25, 0.3) is 0 Å². The number of amides is 3. The van der Waals surface area contributed by atoms with Gasteiger partial charge in [0.15, 0.2) is 0 Å². The number of ether oxygens (including phenoxy) is 1. The van der Waals surface area contributed by atoms with Gasteiger partial charge in [0.2, 0.25) is 17.7 Å². The van der Waals surface area contributed by atoms with Gasteiger partial charge in [-0.25, -0.2) is 9.69 Å². The number of benzene rings is 2. The highest BCUT2D eigenvalue weighted by atomic mass is 16.5. The predicted octanol–water partition coefficient (Wildman–Crippen LogP) is 2.47. The van der Waals surface area contributed by atoms with Crippen LogP contribution in [0.1, 0.15) is 41.3 Å². The van der Waals surface area contributed by atoms with E-state index in [2.05, 4.69) is 10.2 Å². The molecule has 3 saturated heterocycles. The lowest BCUT2D eigenvalue weighted by molar-refractivity contribution is -0.135. The molecule has 4 heterocycles. The van der Waals surface area contributed by atoms with Crippen molar-refractivity contribution in [3.63, 3.8) is 0 Å². The first-order valence-electron chi connectivity index (χ1n) is 11.7. The molecule has 0 aliphatic carbocycles. The molecule has 2 aromatic rings. The number of anilines is 2. The third kappa shape index (κ3) is 2.41. The number of hydrogen-bond donors (Lipinski definition) is 1. The minimum Gasteiger partial charge on any atom is -0.465 e. The first kappa shape index (κ1) is 21.0. The monoisotopic (exact) mass is 459 g/mol. The van der Waals surface area contributed by atoms with E-state index in [1.807, 2.05) is 25.1 Å². The van der Waals surface area contributed by atoms with Crippen LogP contribution in [0.3, 0.4) is 0 Å². The Morgan fingerprint density at radius 2 is 1.94 bits per heavy atom. The average molecular weight is 460 g/mol. The van der Waals surface area contributed by atoms with E-state index < -0.39 is 29.3 Å². The van der Waals surface area contributed by atoms with Crippen molar-refractivity contribution in [2.45, 2.75) is 37.8 Å². The van der Waals surface area contributed by atoms with Crippen molar-refractivity contribution < 1.29 is 23.9 Å². The Bertz CT molecular complexity index is 1270. The average Bonchev–Trinajstić information content (AvgIpc) is 3.56. The quantitative estimate of drug-likeness (QED) is 0.560. The van der Waals surface area contributed by atoms with E-state index in [0.29, 0.717) is 12.2 Å². The molecule has 8 heteroatoms. The number of carbonyl (C=O) groups excluding carboxylic acids is 4. The topological polar surface area (TPSA) is 96.0 Å². The highest BCUT2D eigenvalue weighted by Crippen LogP contribution is 2.60. The van der Waals surface area contributed by atoms with Gasteiger partial charge in [-0.05, 0) is 49.6 Å². The Balaban J connectivity index is 1.55. The molecular formula is C26H25N3O5. The second kappa shape index (κ2) is 7.24. The minimum atomic E-state index is -1.23. The molecule has 0 bridgehead atoms. The van der Waals surface area contributed by atoms with Crippen LogP contribution in [0.4, 0.5) is 11.4 Å². The van der Waals surface area contributed by atoms with Crippen LogP contribution in [0.2, 0.25) is 0 Å². The number of imide groups is 1. The van der Waals surface area contributed by atoms with Crippen molar-refractivity contribution in [1.82, 2.24) is 4.90 Å². The van der Waals surface area contributed by atoms with Crippen LogP contribution in [-0.2, 0) is 31.1 Å². The normalized spacial score (nSPS) is 29.4. The summed E-state index contributed by atoms with van der Waals surface area (Å²) in [6.07, 6.45) is 2.39. The van der Waals surface area contributed by atoms with Gasteiger partial charge in [0.1, 0.15) is 5.54 Å². The Labute approximate surface area is 196 Å². The molecule has 6 rings (SSSR count). The largest absolute Gasteiger partial charge is 0.465 e. The summed E-state index contributed by atoms with van der Waals surface area (Å²) in [6, 6.07) is 12.1. The fraction of sp³-hybridized carbons (Fsp3) is 0.385. The van der Waals surface area contributed by atoms with Gasteiger partial charge in [-0.2, -0.15) is 0 Å². The summed E-state index contributed by atoms with van der Waals surface area (Å²) in [7, 11) is 1.26. The molecule has 4 atom stereocenters. The van der Waals surface area contributed by atoms with Crippen LogP contribution in [0, 0.1) is 11.8 Å². The molecule has 0 unspecified atom stereocenters. The number of esters is 1. The molecule has 4 aliphatic heterocycles. The number of para-hydroxylation sites is 1. The number of nitrogens with one attached hydrogen (secondary N) is 1. The SMILES string of the molecule is CCc1ccc2c(c1)[C@@]1(C(=O)N2)[C@H]2C(=O)N(c3ccccc3C(=O)OC)C(=O)[C@@H]2[C@H]2CCCN21. The summed E-state index contributed by atoms with van der Waals surface area (Å²) in [4.78, 5) is 57.4. The molecule has 2 aromatic carbocycles. The maximum Gasteiger partial charge on any atom is 0.339 e. The molecule has 1 spiro atoms. The maximum atomic E-state index is 14.1. The summed E-state index contributed by atoms with van der Waals surface area (Å²) in [5.74, 6) is -3.17. The zero-order valence-electron chi connectivity index (χ0n) is 19.0. The molecule has 174 valence electrons. The summed E-state index contributed by atoms with van der Waals surface area (Å²) >= 11 is 0. The van der Waals surface area contributed by atoms with Crippen LogP contribution in [-0.4, -0.2) is 48.3 Å². The first-order chi connectivity index (χ1) is 16.4. The second-order valence-corrected chi connectivity index (χ2v) is 9.38. The fourth-order valence-corrected chi connectivity index (χ4v) is 6.66. The molecule has 8 nitrogen and oxygen atoms in total. The lowest BCUT2D eigenvalue weighted by Crippen LogP contribution is -2.54. The van der Waals surface area contributed by atoms with Gasteiger partial charge in [0, 0.05) is 17.3 Å². The molecule has 4 aliphatic rings. The number of rotatable bonds is 3. The Kier molecular flexibility index (Phi) is 4.48. The number of aryl methyl sites for hydroxylation is 1. The van der Waals surface area contributed by atoms with Crippen LogP contribution < -0.4 is 10.2 Å². The molecule has 0 radical (unpaired) electrons. The fourth-order valence-electron chi connectivity index (χ4n) is 6.66. The lowest BCUT2D eigenvalue weighted by atomic mass is 9.75. The van der Waals surface area contributed by atoms with Gasteiger partial charge < -0.3 is 10.1 Å². The van der Waals surface area contributed by atoms with Crippen LogP contribution in [0.15, 0.2) is 42.5 Å². The lowest BCUT2D eigenvalue weighted by Gasteiger charge is -2.37.